The van der Waals surface area contributed by atoms with E-state index in [4.69, 9.17) is 21.1 Å². The van der Waals surface area contributed by atoms with Crippen LogP contribution in [0, 0.1) is 0 Å². The molecular weight excluding hydrogens is 376 g/mol. The summed E-state index contributed by atoms with van der Waals surface area (Å²) in [6.45, 7) is 0.115. The fraction of sp³-hybridized carbons (Fsp3) is 0.0455. The normalized spacial score (nSPS) is 10.6. The molecule has 5 nitrogen and oxygen atoms in total. The molecule has 0 bridgehead atoms. The summed E-state index contributed by atoms with van der Waals surface area (Å²) in [6.07, 6.45) is 1.56. The van der Waals surface area contributed by atoms with Gasteiger partial charge in [-0.05, 0) is 42.5 Å². The van der Waals surface area contributed by atoms with Gasteiger partial charge in [-0.3, -0.25) is 0 Å². The monoisotopic (exact) mass is 390 g/mol. The second kappa shape index (κ2) is 8.06. The smallest absolute Gasteiger partial charge is 0.338 e. The number of rotatable bonds is 5. The van der Waals surface area contributed by atoms with Gasteiger partial charge in [0.1, 0.15) is 12.4 Å². The number of fused-ring (bicyclic) bond motifs is 1. The summed E-state index contributed by atoms with van der Waals surface area (Å²) in [5, 5.41) is 0.565. The van der Waals surface area contributed by atoms with Crippen molar-refractivity contribution in [3.8, 4) is 11.6 Å². The van der Waals surface area contributed by atoms with E-state index in [9.17, 15) is 4.79 Å². The molecule has 0 spiro atoms. The molecule has 0 unspecified atom stereocenters. The molecule has 28 heavy (non-hydrogen) atoms. The largest absolute Gasteiger partial charge is 0.457 e. The van der Waals surface area contributed by atoms with Crippen molar-refractivity contribution in [1.82, 2.24) is 9.97 Å². The van der Waals surface area contributed by atoms with Crippen molar-refractivity contribution in [2.24, 2.45) is 0 Å². The lowest BCUT2D eigenvalue weighted by atomic mass is 10.2. The lowest BCUT2D eigenvalue weighted by Crippen LogP contribution is -2.05. The Morgan fingerprint density at radius 2 is 1.61 bits per heavy atom. The average Bonchev–Trinajstić information content (AvgIpc) is 2.73. The zero-order chi connectivity index (χ0) is 19.3. The Morgan fingerprint density at radius 1 is 0.893 bits per heavy atom. The van der Waals surface area contributed by atoms with E-state index in [-0.39, 0.29) is 6.61 Å². The van der Waals surface area contributed by atoms with Crippen LogP contribution in [0.5, 0.6) is 11.6 Å². The zero-order valence-electron chi connectivity index (χ0n) is 14.7. The third kappa shape index (κ3) is 4.10. The van der Waals surface area contributed by atoms with Gasteiger partial charge in [0.25, 0.3) is 0 Å². The quantitative estimate of drug-likeness (QED) is 0.425. The SMILES string of the molecule is O=C(OCc1ccccc1Cl)c1ccc(Oc2cnc3ccccc3n2)cc1. The van der Waals surface area contributed by atoms with Gasteiger partial charge in [0.15, 0.2) is 0 Å². The molecule has 0 saturated heterocycles. The van der Waals surface area contributed by atoms with E-state index in [2.05, 4.69) is 9.97 Å². The number of nitrogens with zero attached hydrogens (tertiary/aromatic N) is 2. The van der Waals surface area contributed by atoms with Gasteiger partial charge in [0, 0.05) is 10.6 Å². The highest BCUT2D eigenvalue weighted by Crippen LogP contribution is 2.22. The highest BCUT2D eigenvalue weighted by molar-refractivity contribution is 6.31. The molecule has 0 aliphatic carbocycles. The summed E-state index contributed by atoms with van der Waals surface area (Å²) in [4.78, 5) is 20.9. The zero-order valence-corrected chi connectivity index (χ0v) is 15.5. The van der Waals surface area contributed by atoms with Crippen LogP contribution in [0.2, 0.25) is 5.02 Å². The number of para-hydroxylation sites is 2. The van der Waals surface area contributed by atoms with Crippen molar-refractivity contribution in [1.29, 1.82) is 0 Å². The number of aromatic nitrogens is 2. The predicted molar refractivity (Wildman–Crippen MR) is 107 cm³/mol. The summed E-state index contributed by atoms with van der Waals surface area (Å²) in [5.41, 5.74) is 2.72. The fourth-order valence-electron chi connectivity index (χ4n) is 2.61. The maximum Gasteiger partial charge on any atom is 0.338 e. The molecule has 0 aliphatic heterocycles. The van der Waals surface area contributed by atoms with Gasteiger partial charge >= 0.3 is 5.97 Å². The summed E-state index contributed by atoms with van der Waals surface area (Å²) in [5.74, 6) is 0.497. The molecule has 0 fully saturated rings. The van der Waals surface area contributed by atoms with E-state index >= 15 is 0 Å². The van der Waals surface area contributed by atoms with Gasteiger partial charge in [-0.1, -0.05) is 41.9 Å². The Bertz CT molecular complexity index is 1130. The number of hydrogen-bond acceptors (Lipinski definition) is 5. The van der Waals surface area contributed by atoms with Crippen LogP contribution in [0.3, 0.4) is 0 Å². The molecule has 0 atom stereocenters. The number of carbonyl (C=O) groups excluding carboxylic acids is 1. The van der Waals surface area contributed by atoms with Crippen LogP contribution in [0.25, 0.3) is 11.0 Å². The molecule has 4 rings (SSSR count). The van der Waals surface area contributed by atoms with Crippen LogP contribution in [0.4, 0.5) is 0 Å². The number of ether oxygens (including phenoxy) is 2. The number of carbonyl (C=O) groups is 1. The Balaban J connectivity index is 1.41. The van der Waals surface area contributed by atoms with E-state index in [1.165, 1.54) is 0 Å². The number of benzene rings is 3. The van der Waals surface area contributed by atoms with Crippen molar-refractivity contribution in [3.63, 3.8) is 0 Å². The second-order valence-electron chi connectivity index (χ2n) is 5.99. The first-order valence-corrected chi connectivity index (χ1v) is 8.97. The van der Waals surface area contributed by atoms with Gasteiger partial charge in [-0.25, -0.2) is 14.8 Å². The van der Waals surface area contributed by atoms with Crippen LogP contribution in [0.1, 0.15) is 15.9 Å². The lowest BCUT2D eigenvalue weighted by Gasteiger charge is -2.08. The Morgan fingerprint density at radius 3 is 2.39 bits per heavy atom. The topological polar surface area (TPSA) is 61.3 Å². The third-order valence-corrected chi connectivity index (χ3v) is 4.42. The van der Waals surface area contributed by atoms with Gasteiger partial charge in [-0.2, -0.15) is 0 Å². The summed E-state index contributed by atoms with van der Waals surface area (Å²) >= 11 is 6.07. The lowest BCUT2D eigenvalue weighted by molar-refractivity contribution is 0.0473. The Labute approximate surface area is 166 Å². The predicted octanol–water partition coefficient (Wildman–Crippen LogP) is 5.43. The van der Waals surface area contributed by atoms with E-state index in [1.54, 1.807) is 36.5 Å². The molecule has 1 aromatic heterocycles. The van der Waals surface area contributed by atoms with E-state index in [1.807, 2.05) is 42.5 Å². The molecule has 138 valence electrons. The van der Waals surface area contributed by atoms with Crippen molar-refractivity contribution in [2.75, 3.05) is 0 Å². The Kier molecular flexibility index (Phi) is 5.17. The standard InChI is InChI=1S/C22H15ClN2O3/c23-18-6-2-1-5-16(18)14-27-22(26)15-9-11-17(12-10-15)28-21-13-24-19-7-3-4-8-20(19)25-21/h1-13H,14H2. The van der Waals surface area contributed by atoms with E-state index < -0.39 is 5.97 Å². The number of esters is 1. The summed E-state index contributed by atoms with van der Waals surface area (Å²) in [7, 11) is 0. The van der Waals surface area contributed by atoms with Crippen LogP contribution in [-0.4, -0.2) is 15.9 Å². The molecule has 0 saturated carbocycles. The van der Waals surface area contributed by atoms with Gasteiger partial charge < -0.3 is 9.47 Å². The first kappa shape index (κ1) is 17.9. The summed E-state index contributed by atoms with van der Waals surface area (Å²) < 4.78 is 11.0. The van der Waals surface area contributed by atoms with Crippen molar-refractivity contribution in [2.45, 2.75) is 6.61 Å². The first-order valence-electron chi connectivity index (χ1n) is 8.59. The molecule has 6 heteroatoms. The molecule has 0 N–H and O–H groups in total. The fourth-order valence-corrected chi connectivity index (χ4v) is 2.80. The molecule has 4 aromatic rings. The van der Waals surface area contributed by atoms with Crippen molar-refractivity contribution < 1.29 is 14.3 Å². The number of halogens is 1. The Hall–Kier alpha value is -3.44. The highest BCUT2D eigenvalue weighted by Gasteiger charge is 2.10. The maximum absolute atomic E-state index is 12.2. The van der Waals surface area contributed by atoms with E-state index in [0.717, 1.165) is 16.6 Å². The van der Waals surface area contributed by atoms with Crippen molar-refractivity contribution >= 4 is 28.6 Å². The molecule has 0 aliphatic rings. The first-order chi connectivity index (χ1) is 13.7. The van der Waals surface area contributed by atoms with Gasteiger partial charge in [-0.15, -0.1) is 0 Å². The molecule has 0 amide bonds. The molecular formula is C22H15ClN2O3. The van der Waals surface area contributed by atoms with E-state index in [0.29, 0.717) is 22.2 Å². The number of hydrogen-bond donors (Lipinski definition) is 0. The van der Waals surface area contributed by atoms with Gasteiger partial charge in [0.05, 0.1) is 22.8 Å². The summed E-state index contributed by atoms with van der Waals surface area (Å²) in [6, 6.07) is 21.4. The van der Waals surface area contributed by atoms with Crippen LogP contribution >= 0.6 is 11.6 Å². The minimum absolute atomic E-state index is 0.115. The highest BCUT2D eigenvalue weighted by atomic mass is 35.5. The maximum atomic E-state index is 12.2. The molecule has 0 radical (unpaired) electrons. The van der Waals surface area contributed by atoms with Crippen molar-refractivity contribution in [3.05, 3.63) is 95.1 Å². The van der Waals surface area contributed by atoms with Crippen LogP contribution in [-0.2, 0) is 11.3 Å². The van der Waals surface area contributed by atoms with Crippen LogP contribution < -0.4 is 4.74 Å². The third-order valence-electron chi connectivity index (χ3n) is 4.06. The van der Waals surface area contributed by atoms with Gasteiger partial charge in [0.2, 0.25) is 5.88 Å². The molecule has 1 heterocycles. The van der Waals surface area contributed by atoms with Crippen LogP contribution in [0.15, 0.2) is 79.0 Å². The minimum Gasteiger partial charge on any atom is -0.457 e. The minimum atomic E-state index is -0.433. The average molecular weight is 391 g/mol. The molecule has 3 aromatic carbocycles. The second-order valence-corrected chi connectivity index (χ2v) is 6.40.